The summed E-state index contributed by atoms with van der Waals surface area (Å²) in [6.45, 7) is 36.9. The highest BCUT2D eigenvalue weighted by Gasteiger charge is 2.42. The van der Waals surface area contributed by atoms with Crippen LogP contribution in [0.3, 0.4) is 0 Å². The van der Waals surface area contributed by atoms with Gasteiger partial charge in [-0.05, 0) is 67.4 Å². The van der Waals surface area contributed by atoms with Gasteiger partial charge < -0.3 is 14.7 Å². The van der Waals surface area contributed by atoms with Crippen LogP contribution in [0.4, 0.5) is 0 Å². The molecule has 0 fully saturated rings. The van der Waals surface area contributed by atoms with Gasteiger partial charge >= 0.3 is 32.4 Å². The van der Waals surface area contributed by atoms with Gasteiger partial charge in [0.1, 0.15) is 0 Å². The van der Waals surface area contributed by atoms with Crippen molar-refractivity contribution in [3.63, 3.8) is 0 Å². The molecule has 3 aromatic carbocycles. The molecule has 3 aromatic rings. The van der Waals surface area contributed by atoms with E-state index in [1.807, 2.05) is 98.7 Å². The van der Waals surface area contributed by atoms with Gasteiger partial charge in [0, 0.05) is 16.7 Å². The summed E-state index contributed by atoms with van der Waals surface area (Å²) in [7, 11) is -14.5. The van der Waals surface area contributed by atoms with Crippen molar-refractivity contribution in [2.24, 2.45) is 0 Å². The molecule has 16 heteroatoms. The van der Waals surface area contributed by atoms with E-state index in [-0.39, 0.29) is 48.4 Å². The van der Waals surface area contributed by atoms with Crippen LogP contribution >= 0.6 is 32.4 Å². The van der Waals surface area contributed by atoms with Gasteiger partial charge in [0.05, 0.1) is 0 Å². The molecule has 0 saturated heterocycles. The minimum Gasteiger partial charge on any atom is -0.328 e. The lowest BCUT2D eigenvalue weighted by atomic mass is 9.81. The van der Waals surface area contributed by atoms with E-state index in [2.05, 4.69) is 62.3 Å². The van der Waals surface area contributed by atoms with Crippen molar-refractivity contribution < 1.29 is 58.7 Å². The summed E-state index contributed by atoms with van der Waals surface area (Å²) in [5.74, 6) is 0. The Hall–Kier alpha value is -1.10. The average Bonchev–Trinajstić information content (AvgIpc) is 2.96. The summed E-state index contributed by atoms with van der Waals surface area (Å²) >= 11 is 0. The first-order valence-electron chi connectivity index (χ1n) is 18.8. The van der Waals surface area contributed by atoms with Crippen molar-refractivity contribution in [2.45, 2.75) is 157 Å². The van der Waals surface area contributed by atoms with Gasteiger partial charge in [-0.3, -0.25) is 0 Å². The van der Waals surface area contributed by atoms with Gasteiger partial charge in [-0.25, -0.2) is 0 Å². The van der Waals surface area contributed by atoms with E-state index >= 15 is 0 Å². The van der Waals surface area contributed by atoms with Gasteiger partial charge in [0.25, 0.3) is 0 Å². The van der Waals surface area contributed by atoms with Crippen molar-refractivity contribution in [3.05, 3.63) is 88.0 Å². The minimum atomic E-state index is -3.97. The van der Waals surface area contributed by atoms with Gasteiger partial charge in [0.2, 0.25) is 0 Å². The maximum Gasteiger partial charge on any atom is 0.441 e. The minimum absolute atomic E-state index is 0.0139. The first-order valence-corrected chi connectivity index (χ1v) is 24.9. The molecular weight excluding hydrogens is 820 g/mol. The normalized spacial score (nSPS) is 13.5. The first kappa shape index (κ1) is 56.9. The number of hydrogen-bond acceptors (Lipinski definition) is 12. The lowest BCUT2D eigenvalue weighted by molar-refractivity contribution is 0.344. The third kappa shape index (κ3) is 18.9. The molecule has 0 radical (unpaired) electrons. The second-order valence-electron chi connectivity index (χ2n) is 20.7. The van der Waals surface area contributed by atoms with Crippen LogP contribution in [-0.2, 0) is 32.5 Å². The third-order valence-electron chi connectivity index (χ3n) is 8.98. The summed E-state index contributed by atoms with van der Waals surface area (Å²) in [6.07, 6.45) is 0. The standard InChI is InChI=1S/3C14H24O3P.H3O3P/c3*1-13(2,3)10-7-8-12(18(15,16)17)11(9-10)14(4,5)6;1-4(2)3/h3*7-9,15-17H,1-6H3;1-3H/q3*+1;. The smallest absolute Gasteiger partial charge is 0.328 e. The van der Waals surface area contributed by atoms with Gasteiger partial charge in [0.15, 0.2) is 15.9 Å². The fourth-order valence-electron chi connectivity index (χ4n) is 5.59. The molecule has 0 heterocycles. The van der Waals surface area contributed by atoms with Crippen LogP contribution < -0.4 is 15.9 Å². The molecule has 0 aliphatic heterocycles. The average molecular weight is 896 g/mol. The molecule has 0 amide bonds. The van der Waals surface area contributed by atoms with Crippen LogP contribution in [0.5, 0.6) is 0 Å². The molecule has 0 unspecified atom stereocenters. The second kappa shape index (κ2) is 19.9. The maximum atomic E-state index is 9.55. The summed E-state index contributed by atoms with van der Waals surface area (Å²) in [5.41, 5.74) is 4.91. The Morgan fingerprint density at radius 3 is 0.569 bits per heavy atom. The maximum absolute atomic E-state index is 9.55. The van der Waals surface area contributed by atoms with Crippen molar-refractivity contribution >= 4 is 48.3 Å². The molecule has 58 heavy (non-hydrogen) atoms. The fourth-order valence-corrected chi connectivity index (χ4v) is 8.59. The van der Waals surface area contributed by atoms with Gasteiger partial charge in [-0.1, -0.05) is 161 Å². The van der Waals surface area contributed by atoms with Crippen LogP contribution in [0.1, 0.15) is 158 Å². The Kier molecular flexibility index (Phi) is 19.6. The van der Waals surface area contributed by atoms with Crippen LogP contribution in [0.15, 0.2) is 54.6 Å². The Bertz CT molecular complexity index is 1560. The molecule has 332 valence electrons. The molecule has 0 aliphatic rings. The zero-order chi connectivity index (χ0) is 46.6. The molecule has 0 aromatic heterocycles. The molecule has 12 N–H and O–H groups in total. The van der Waals surface area contributed by atoms with Crippen molar-refractivity contribution in [1.82, 2.24) is 0 Å². The monoisotopic (exact) mass is 895 g/mol. The highest BCUT2D eigenvalue weighted by molar-refractivity contribution is 7.67. The van der Waals surface area contributed by atoms with E-state index in [9.17, 15) is 44.0 Å². The quantitative estimate of drug-likeness (QED) is 0.118. The highest BCUT2D eigenvalue weighted by atomic mass is 31.2. The predicted molar refractivity (Wildman–Crippen MR) is 245 cm³/mol. The molecule has 0 atom stereocenters. The molecule has 0 saturated carbocycles. The van der Waals surface area contributed by atoms with Crippen LogP contribution in [0.2, 0.25) is 0 Å². The van der Waals surface area contributed by atoms with E-state index in [1.165, 1.54) is 0 Å². The summed E-state index contributed by atoms with van der Waals surface area (Å²) < 4.78 is 0. The van der Waals surface area contributed by atoms with Crippen LogP contribution in [-0.4, -0.2) is 58.7 Å². The van der Waals surface area contributed by atoms with E-state index in [0.717, 1.165) is 33.4 Å². The molecule has 0 spiro atoms. The molecular formula is C42H75O12P4+3. The second-order valence-corrected chi connectivity index (χ2v) is 26.1. The lowest BCUT2D eigenvalue weighted by Gasteiger charge is -2.26. The SMILES string of the molecule is CC(C)(C)c1ccc([P+](O)(O)O)c(C(C)(C)C)c1.CC(C)(C)c1ccc([P+](O)(O)O)c(C(C)(C)C)c1.CC(C)(C)c1ccc([P+](O)(O)O)c(C(C)(C)C)c1.OP(O)O. The molecule has 12 nitrogen and oxygen atoms in total. The Morgan fingerprint density at radius 1 is 0.310 bits per heavy atom. The summed E-state index contributed by atoms with van der Waals surface area (Å²) in [4.78, 5) is 108. The topological polar surface area (TPSA) is 243 Å². The Balaban J connectivity index is 0.000000801. The predicted octanol–water partition coefficient (Wildman–Crippen LogP) is 7.13. The molecule has 0 aliphatic carbocycles. The van der Waals surface area contributed by atoms with E-state index in [0.29, 0.717) is 0 Å². The van der Waals surface area contributed by atoms with Crippen molar-refractivity contribution in [1.29, 1.82) is 0 Å². The largest absolute Gasteiger partial charge is 0.441 e. The van der Waals surface area contributed by atoms with Crippen molar-refractivity contribution in [3.8, 4) is 0 Å². The fraction of sp³-hybridized carbons (Fsp3) is 0.571. The number of benzene rings is 3. The van der Waals surface area contributed by atoms with Crippen molar-refractivity contribution in [2.75, 3.05) is 0 Å². The molecule has 0 bridgehead atoms. The summed E-state index contributed by atoms with van der Waals surface area (Å²) in [5, 5.41) is 0.758. The zero-order valence-corrected chi connectivity index (χ0v) is 41.4. The van der Waals surface area contributed by atoms with Crippen LogP contribution in [0, 0.1) is 0 Å². The van der Waals surface area contributed by atoms with Crippen LogP contribution in [0.25, 0.3) is 0 Å². The number of rotatable bonds is 3. The van der Waals surface area contributed by atoms with Gasteiger partial charge in [-0.15, -0.1) is 0 Å². The molecule has 3 rings (SSSR count). The zero-order valence-electron chi connectivity index (χ0n) is 37.9. The Morgan fingerprint density at radius 2 is 0.466 bits per heavy atom. The Labute approximate surface area is 351 Å². The first-order chi connectivity index (χ1) is 25.2. The van der Waals surface area contributed by atoms with Gasteiger partial charge in [-0.2, -0.15) is 44.0 Å². The summed E-state index contributed by atoms with van der Waals surface area (Å²) in [6, 6.07) is 16.3. The van der Waals surface area contributed by atoms with E-state index < -0.39 is 32.4 Å². The van der Waals surface area contributed by atoms with E-state index in [1.54, 1.807) is 18.2 Å². The lowest BCUT2D eigenvalue weighted by Crippen LogP contribution is -2.26. The highest BCUT2D eigenvalue weighted by Crippen LogP contribution is 2.48. The number of hydrogen-bond donors (Lipinski definition) is 12. The third-order valence-corrected chi connectivity index (χ3v) is 12.1. The van der Waals surface area contributed by atoms with E-state index in [4.69, 9.17) is 14.7 Å².